The number of rotatable bonds is 4. The van der Waals surface area contributed by atoms with E-state index >= 15 is 0 Å². The van der Waals surface area contributed by atoms with Crippen LogP contribution in [0.3, 0.4) is 0 Å². The van der Waals surface area contributed by atoms with Gasteiger partial charge in [-0.05, 0) is 56.5 Å². The van der Waals surface area contributed by atoms with Crippen molar-refractivity contribution in [1.82, 2.24) is 14.9 Å². The Balaban J connectivity index is 1.45. The quantitative estimate of drug-likeness (QED) is 0.884. The fourth-order valence-electron chi connectivity index (χ4n) is 3.88. The van der Waals surface area contributed by atoms with E-state index in [4.69, 9.17) is 0 Å². The Morgan fingerprint density at radius 3 is 2.54 bits per heavy atom. The lowest BCUT2D eigenvalue weighted by molar-refractivity contribution is 0.271. The van der Waals surface area contributed by atoms with Crippen LogP contribution in [0.5, 0.6) is 0 Å². The summed E-state index contributed by atoms with van der Waals surface area (Å²) in [4.78, 5) is 24.6. The molecular weight excluding hydrogens is 326 g/mol. The van der Waals surface area contributed by atoms with Gasteiger partial charge in [-0.1, -0.05) is 6.92 Å². The zero-order chi connectivity index (χ0) is 17.9. The Kier molecular flexibility index (Phi) is 4.93. The van der Waals surface area contributed by atoms with Crippen LogP contribution in [-0.4, -0.2) is 47.6 Å². The van der Waals surface area contributed by atoms with Gasteiger partial charge < -0.3 is 15.1 Å². The number of likely N-dealkylation sites (N-methyl/N-ethyl adjacent to an activating group) is 1. The number of anilines is 3. The summed E-state index contributed by atoms with van der Waals surface area (Å²) in [7, 11) is 0. The maximum absolute atomic E-state index is 12.2. The molecule has 1 aliphatic carbocycles. The smallest absolute Gasteiger partial charge is 0.255 e. The van der Waals surface area contributed by atoms with Crippen LogP contribution in [-0.2, 0) is 12.8 Å². The molecule has 0 spiro atoms. The maximum atomic E-state index is 12.2. The van der Waals surface area contributed by atoms with Crippen LogP contribution < -0.4 is 15.8 Å². The lowest BCUT2D eigenvalue weighted by Crippen LogP contribution is -2.46. The number of H-pyrrole nitrogens is 1. The topological polar surface area (TPSA) is 64.3 Å². The Labute approximate surface area is 154 Å². The van der Waals surface area contributed by atoms with Gasteiger partial charge in [-0.2, -0.15) is 0 Å². The molecule has 2 N–H and O–H groups in total. The van der Waals surface area contributed by atoms with Crippen molar-refractivity contribution >= 4 is 17.3 Å². The van der Waals surface area contributed by atoms with E-state index in [0.29, 0.717) is 5.95 Å². The first-order chi connectivity index (χ1) is 12.7. The average molecular weight is 353 g/mol. The molecule has 0 saturated carbocycles. The van der Waals surface area contributed by atoms with Crippen LogP contribution in [0.2, 0.25) is 0 Å². The third kappa shape index (κ3) is 3.60. The van der Waals surface area contributed by atoms with Gasteiger partial charge in [-0.15, -0.1) is 0 Å². The summed E-state index contributed by atoms with van der Waals surface area (Å²) >= 11 is 0. The molecule has 2 heterocycles. The second-order valence-electron chi connectivity index (χ2n) is 7.14. The Morgan fingerprint density at radius 1 is 1.08 bits per heavy atom. The molecule has 4 rings (SSSR count). The summed E-state index contributed by atoms with van der Waals surface area (Å²) in [5.74, 6) is 0.542. The van der Waals surface area contributed by atoms with Crippen molar-refractivity contribution in [3.63, 3.8) is 0 Å². The number of hydrogen-bond acceptors (Lipinski definition) is 5. The van der Waals surface area contributed by atoms with Crippen molar-refractivity contribution < 1.29 is 0 Å². The summed E-state index contributed by atoms with van der Waals surface area (Å²) in [5.41, 5.74) is 4.01. The highest BCUT2D eigenvalue weighted by Gasteiger charge is 2.17. The van der Waals surface area contributed by atoms with Crippen molar-refractivity contribution in [3.8, 4) is 0 Å². The average Bonchev–Trinajstić information content (AvgIpc) is 2.69. The molecule has 0 amide bonds. The molecule has 1 fully saturated rings. The van der Waals surface area contributed by atoms with E-state index in [1.54, 1.807) is 0 Å². The van der Waals surface area contributed by atoms with Crippen molar-refractivity contribution in [3.05, 3.63) is 45.9 Å². The number of nitrogens with one attached hydrogen (secondary N) is 2. The zero-order valence-corrected chi connectivity index (χ0v) is 15.4. The summed E-state index contributed by atoms with van der Waals surface area (Å²) in [5, 5.41) is 3.25. The molecule has 2 aromatic rings. The third-order valence-electron chi connectivity index (χ3n) is 5.51. The van der Waals surface area contributed by atoms with Gasteiger partial charge in [-0.3, -0.25) is 9.78 Å². The lowest BCUT2D eigenvalue weighted by Gasteiger charge is -2.35. The van der Waals surface area contributed by atoms with E-state index in [2.05, 4.69) is 56.3 Å². The highest BCUT2D eigenvalue weighted by atomic mass is 16.1. The molecule has 0 bridgehead atoms. The first-order valence-electron chi connectivity index (χ1n) is 9.69. The summed E-state index contributed by atoms with van der Waals surface area (Å²) in [6.07, 6.45) is 3.94. The van der Waals surface area contributed by atoms with Crippen molar-refractivity contribution in [2.75, 3.05) is 42.9 Å². The highest BCUT2D eigenvalue weighted by Crippen LogP contribution is 2.22. The van der Waals surface area contributed by atoms with Gasteiger partial charge in [0.1, 0.15) is 0 Å². The number of hydrogen-bond donors (Lipinski definition) is 2. The minimum atomic E-state index is 0.00242. The minimum absolute atomic E-state index is 0.00242. The third-order valence-corrected chi connectivity index (χ3v) is 5.51. The SMILES string of the molecule is CCN1CCN(c2ccc(Nc3nc4c(c(=O)[nH]3)CCCC4)cc2)CC1. The van der Waals surface area contributed by atoms with Crippen molar-refractivity contribution in [2.24, 2.45) is 0 Å². The molecule has 0 atom stereocenters. The molecule has 1 aliphatic heterocycles. The zero-order valence-electron chi connectivity index (χ0n) is 15.4. The van der Waals surface area contributed by atoms with Crippen LogP contribution in [0.25, 0.3) is 0 Å². The first kappa shape index (κ1) is 17.1. The number of aromatic nitrogens is 2. The molecule has 26 heavy (non-hydrogen) atoms. The fraction of sp³-hybridized carbons (Fsp3) is 0.500. The van der Waals surface area contributed by atoms with Crippen LogP contribution >= 0.6 is 0 Å². The maximum Gasteiger partial charge on any atom is 0.255 e. The van der Waals surface area contributed by atoms with E-state index < -0.39 is 0 Å². The van der Waals surface area contributed by atoms with Gasteiger partial charge in [-0.25, -0.2) is 4.98 Å². The largest absolute Gasteiger partial charge is 0.369 e. The second-order valence-corrected chi connectivity index (χ2v) is 7.14. The van der Waals surface area contributed by atoms with Gasteiger partial charge >= 0.3 is 0 Å². The molecule has 6 heteroatoms. The van der Waals surface area contributed by atoms with E-state index in [1.165, 1.54) is 5.69 Å². The number of piperazine rings is 1. The van der Waals surface area contributed by atoms with Crippen LogP contribution in [0, 0.1) is 0 Å². The number of aryl methyl sites for hydroxylation is 1. The van der Waals surface area contributed by atoms with E-state index in [1.807, 2.05) is 0 Å². The summed E-state index contributed by atoms with van der Waals surface area (Å²) < 4.78 is 0. The summed E-state index contributed by atoms with van der Waals surface area (Å²) in [6.45, 7) is 7.73. The molecule has 1 aromatic heterocycles. The number of benzene rings is 1. The standard InChI is InChI=1S/C20H27N5O/c1-2-24-11-13-25(14-12-24)16-9-7-15(8-10-16)21-20-22-18-6-4-3-5-17(18)19(26)23-20/h7-10H,2-6,11-14H2,1H3,(H2,21,22,23,26). The Morgan fingerprint density at radius 2 is 1.81 bits per heavy atom. The van der Waals surface area contributed by atoms with Crippen LogP contribution in [0.1, 0.15) is 31.0 Å². The predicted octanol–water partition coefficient (Wildman–Crippen LogP) is 2.53. The number of fused-ring (bicyclic) bond motifs is 1. The lowest BCUT2D eigenvalue weighted by atomic mass is 9.97. The molecule has 6 nitrogen and oxygen atoms in total. The van der Waals surface area contributed by atoms with Crippen LogP contribution in [0.4, 0.5) is 17.3 Å². The van der Waals surface area contributed by atoms with Crippen LogP contribution in [0.15, 0.2) is 29.1 Å². The Bertz CT molecular complexity index is 806. The number of nitrogens with zero attached hydrogens (tertiary/aromatic N) is 3. The number of aromatic amines is 1. The minimum Gasteiger partial charge on any atom is -0.369 e. The predicted molar refractivity (Wildman–Crippen MR) is 106 cm³/mol. The molecular formula is C20H27N5O. The van der Waals surface area contributed by atoms with E-state index in [9.17, 15) is 4.79 Å². The van der Waals surface area contributed by atoms with Gasteiger partial charge in [0.2, 0.25) is 5.95 Å². The Hall–Kier alpha value is -2.34. The van der Waals surface area contributed by atoms with E-state index in [-0.39, 0.29) is 5.56 Å². The fourth-order valence-corrected chi connectivity index (χ4v) is 3.88. The second kappa shape index (κ2) is 7.50. The molecule has 1 aromatic carbocycles. The van der Waals surface area contributed by atoms with Gasteiger partial charge in [0.25, 0.3) is 5.56 Å². The molecule has 0 radical (unpaired) electrons. The highest BCUT2D eigenvalue weighted by molar-refractivity contribution is 5.59. The molecule has 2 aliphatic rings. The van der Waals surface area contributed by atoms with Crippen molar-refractivity contribution in [2.45, 2.75) is 32.6 Å². The first-order valence-corrected chi connectivity index (χ1v) is 9.69. The monoisotopic (exact) mass is 353 g/mol. The normalized spacial score (nSPS) is 17.8. The van der Waals surface area contributed by atoms with E-state index in [0.717, 1.165) is 75.4 Å². The molecule has 1 saturated heterocycles. The van der Waals surface area contributed by atoms with Gasteiger partial charge in [0, 0.05) is 43.1 Å². The molecule has 0 unspecified atom stereocenters. The van der Waals surface area contributed by atoms with Crippen molar-refractivity contribution in [1.29, 1.82) is 0 Å². The summed E-state index contributed by atoms with van der Waals surface area (Å²) in [6, 6.07) is 8.39. The van der Waals surface area contributed by atoms with Gasteiger partial charge in [0.05, 0.1) is 5.69 Å². The molecule has 138 valence electrons. The van der Waals surface area contributed by atoms with Gasteiger partial charge in [0.15, 0.2) is 0 Å².